The minimum Gasteiger partial charge on any atom is -0.334 e. The number of ketones is 1. The molecule has 0 aliphatic heterocycles. The average molecular weight is 173 g/mol. The van der Waals surface area contributed by atoms with Gasteiger partial charge in [0.25, 0.3) is 0 Å². The molecule has 0 aromatic rings. The molecular formula is C8H19NOSi. The van der Waals surface area contributed by atoms with E-state index in [0.717, 1.165) is 29.7 Å². The van der Waals surface area contributed by atoms with Gasteiger partial charge < -0.3 is 4.98 Å². The maximum Gasteiger partial charge on any atom is 0.148 e. The van der Waals surface area contributed by atoms with Gasteiger partial charge in [-0.2, -0.15) is 0 Å². The largest absolute Gasteiger partial charge is 0.334 e. The molecular weight excluding hydrogens is 154 g/mol. The molecule has 1 N–H and O–H groups in total. The van der Waals surface area contributed by atoms with Gasteiger partial charge in [-0.1, -0.05) is 19.8 Å². The van der Waals surface area contributed by atoms with E-state index in [-0.39, 0.29) is 11.3 Å². The molecule has 0 saturated carbocycles. The van der Waals surface area contributed by atoms with Gasteiger partial charge in [-0.25, -0.2) is 0 Å². The summed E-state index contributed by atoms with van der Waals surface area (Å²) >= 11 is 0. The number of Topliss-reactive ketones (excluding diaryl/α,β-unsaturated/α-hetero) is 1. The Morgan fingerprint density at radius 3 is 2.45 bits per heavy atom. The summed E-state index contributed by atoms with van der Waals surface area (Å²) < 4.78 is 0. The van der Waals surface area contributed by atoms with Gasteiger partial charge in [-0.15, -0.1) is 0 Å². The van der Waals surface area contributed by atoms with Gasteiger partial charge in [0.1, 0.15) is 5.78 Å². The van der Waals surface area contributed by atoms with Crippen molar-refractivity contribution in [3.8, 4) is 0 Å². The van der Waals surface area contributed by atoms with Crippen LogP contribution >= 0.6 is 0 Å². The fourth-order valence-electron chi connectivity index (χ4n) is 1.01. The Hall–Kier alpha value is -0.153. The van der Waals surface area contributed by atoms with Gasteiger partial charge in [-0.3, -0.25) is 4.79 Å². The van der Waals surface area contributed by atoms with E-state index in [9.17, 15) is 4.79 Å². The molecule has 0 amide bonds. The lowest BCUT2D eigenvalue weighted by Gasteiger charge is -2.26. The number of hydrogen-bond donors (Lipinski definition) is 1. The average Bonchev–Trinajstić information content (AvgIpc) is 2.00. The van der Waals surface area contributed by atoms with Crippen molar-refractivity contribution in [2.24, 2.45) is 0 Å². The number of unbranched alkanes of at least 4 members (excludes halogenated alkanes) is 1. The Balaban J connectivity index is 3.99. The molecule has 0 fully saturated rings. The zero-order chi connectivity index (χ0) is 8.91. The van der Waals surface area contributed by atoms with E-state index in [1.807, 2.05) is 6.92 Å². The quantitative estimate of drug-likeness (QED) is 0.610. The summed E-state index contributed by atoms with van der Waals surface area (Å²) in [7, 11) is 0.891. The maximum absolute atomic E-state index is 11.2. The molecule has 11 heavy (non-hydrogen) atoms. The summed E-state index contributed by atoms with van der Waals surface area (Å²) in [5, 5.41) is 0. The predicted octanol–water partition coefficient (Wildman–Crippen LogP) is 0.394. The van der Waals surface area contributed by atoms with Crippen LogP contribution in [0.3, 0.4) is 0 Å². The molecule has 0 aromatic heterocycles. The molecule has 1 atom stereocenters. The van der Waals surface area contributed by atoms with E-state index >= 15 is 0 Å². The van der Waals surface area contributed by atoms with Gasteiger partial charge in [-0.05, 0) is 20.3 Å². The first-order chi connectivity index (χ1) is 5.06. The first-order valence-electron chi connectivity index (χ1n) is 4.26. The molecule has 0 heterocycles. The highest BCUT2D eigenvalue weighted by molar-refractivity contribution is 6.07. The molecule has 0 bridgehead atoms. The van der Waals surface area contributed by atoms with E-state index in [4.69, 9.17) is 0 Å². The number of carbonyl (C=O) groups is 1. The van der Waals surface area contributed by atoms with Crippen LogP contribution in [-0.2, 0) is 4.79 Å². The fraction of sp³-hybridized carbons (Fsp3) is 0.875. The van der Waals surface area contributed by atoms with Crippen LogP contribution in [0.5, 0.6) is 0 Å². The highest BCUT2D eigenvalue weighted by atomic mass is 28.2. The van der Waals surface area contributed by atoms with Crippen molar-refractivity contribution in [3.63, 3.8) is 0 Å². The summed E-state index contributed by atoms with van der Waals surface area (Å²) in [6.07, 6.45) is 3.26. The second-order valence-corrected chi connectivity index (χ2v) is 3.74. The first kappa shape index (κ1) is 10.8. The van der Waals surface area contributed by atoms with Crippen LogP contribution in [0.25, 0.3) is 0 Å². The summed E-state index contributed by atoms with van der Waals surface area (Å²) in [5.74, 6) is 0.265. The van der Waals surface area contributed by atoms with Gasteiger partial charge in [0.2, 0.25) is 0 Å². The van der Waals surface area contributed by atoms with E-state index in [1.165, 1.54) is 0 Å². The molecule has 0 aromatic carbocycles. The van der Waals surface area contributed by atoms with Crippen molar-refractivity contribution >= 4 is 16.2 Å². The minimum atomic E-state index is -0.234. The molecule has 0 aliphatic rings. The zero-order valence-electron chi connectivity index (χ0n) is 8.03. The minimum absolute atomic E-state index is 0.234. The number of nitrogens with one attached hydrogen (secondary N) is 1. The number of carbonyl (C=O) groups excluding carboxylic acids is 1. The lowest BCUT2D eigenvalue weighted by atomic mass is 9.92. The molecule has 0 saturated heterocycles. The second-order valence-electron chi connectivity index (χ2n) is 3.24. The summed E-state index contributed by atoms with van der Waals surface area (Å²) in [5.41, 5.74) is -0.234. The third-order valence-corrected chi connectivity index (χ3v) is 3.46. The zero-order valence-corrected chi connectivity index (χ0v) is 10.0. The molecule has 3 heteroatoms. The molecule has 0 radical (unpaired) electrons. The van der Waals surface area contributed by atoms with Crippen LogP contribution in [0.15, 0.2) is 0 Å². The molecule has 66 valence electrons. The Morgan fingerprint density at radius 1 is 1.64 bits per heavy atom. The van der Waals surface area contributed by atoms with Crippen molar-refractivity contribution in [1.82, 2.24) is 4.98 Å². The molecule has 0 aliphatic carbocycles. The van der Waals surface area contributed by atoms with Gasteiger partial charge in [0.15, 0.2) is 0 Å². The molecule has 2 nitrogen and oxygen atoms in total. The van der Waals surface area contributed by atoms with E-state index < -0.39 is 0 Å². The Bertz CT molecular complexity index is 138. The van der Waals surface area contributed by atoms with Crippen LogP contribution in [0.2, 0.25) is 0 Å². The molecule has 0 rings (SSSR count). The summed E-state index contributed by atoms with van der Waals surface area (Å²) in [6, 6.07) is 0. The maximum atomic E-state index is 11.2. The fourth-order valence-corrected chi connectivity index (χ4v) is 1.61. The lowest BCUT2D eigenvalue weighted by molar-refractivity contribution is -0.122. The van der Waals surface area contributed by atoms with Crippen molar-refractivity contribution in [1.29, 1.82) is 0 Å². The van der Waals surface area contributed by atoms with E-state index in [1.54, 1.807) is 6.92 Å². The second kappa shape index (κ2) is 4.67. The Morgan fingerprint density at radius 2 is 2.18 bits per heavy atom. The highest BCUT2D eigenvalue weighted by Gasteiger charge is 2.25. The van der Waals surface area contributed by atoms with Crippen LogP contribution in [0.1, 0.15) is 40.0 Å². The molecule has 0 spiro atoms. The number of hydrogen-bond acceptors (Lipinski definition) is 2. The normalized spacial score (nSPS) is 16.3. The first-order valence-corrected chi connectivity index (χ1v) is 5.26. The van der Waals surface area contributed by atoms with Crippen molar-refractivity contribution in [2.45, 2.75) is 45.6 Å². The van der Waals surface area contributed by atoms with Crippen molar-refractivity contribution in [3.05, 3.63) is 0 Å². The van der Waals surface area contributed by atoms with E-state index in [2.05, 4.69) is 11.9 Å². The third kappa shape index (κ3) is 3.16. The lowest BCUT2D eigenvalue weighted by Crippen LogP contribution is -2.46. The Labute approximate surface area is 72.3 Å². The van der Waals surface area contributed by atoms with Gasteiger partial charge in [0, 0.05) is 0 Å². The van der Waals surface area contributed by atoms with Crippen molar-refractivity contribution in [2.75, 3.05) is 0 Å². The van der Waals surface area contributed by atoms with Crippen LogP contribution in [0, 0.1) is 0 Å². The van der Waals surface area contributed by atoms with Crippen LogP contribution < -0.4 is 4.98 Å². The van der Waals surface area contributed by atoms with Gasteiger partial charge in [0.05, 0.1) is 15.9 Å². The summed E-state index contributed by atoms with van der Waals surface area (Å²) in [6.45, 7) is 5.81. The molecule has 1 unspecified atom stereocenters. The summed E-state index contributed by atoms with van der Waals surface area (Å²) in [4.78, 5) is 14.4. The third-order valence-electron chi connectivity index (χ3n) is 2.36. The topological polar surface area (TPSA) is 29.1 Å². The smallest absolute Gasteiger partial charge is 0.148 e. The van der Waals surface area contributed by atoms with Crippen molar-refractivity contribution < 1.29 is 4.79 Å². The number of rotatable bonds is 5. The monoisotopic (exact) mass is 173 g/mol. The van der Waals surface area contributed by atoms with Gasteiger partial charge >= 0.3 is 0 Å². The SMILES string of the molecule is CCCCC(C)(N[SiH3])C(C)=O. The Kier molecular flexibility index (Phi) is 4.60. The van der Waals surface area contributed by atoms with Crippen LogP contribution in [0.4, 0.5) is 0 Å². The predicted molar refractivity (Wildman–Crippen MR) is 51.7 cm³/mol. The standard InChI is InChI=1S/C8H19NOSi/c1-4-5-6-8(3,9-11)7(2)10/h9H,4-6H2,1-3,11H3. The van der Waals surface area contributed by atoms with Crippen LogP contribution in [-0.4, -0.2) is 21.7 Å². The highest BCUT2D eigenvalue weighted by Crippen LogP contribution is 2.13. The van der Waals surface area contributed by atoms with E-state index in [0.29, 0.717) is 0 Å².